The monoisotopic (exact) mass is 259 g/mol. The number of carbonyl (C=O) groups is 1. The van der Waals surface area contributed by atoms with Gasteiger partial charge < -0.3 is 9.30 Å². The van der Waals surface area contributed by atoms with Crippen LogP contribution < -0.4 is 0 Å². The number of hydrogen-bond donors (Lipinski definition) is 0. The Hall–Kier alpha value is -2.17. The van der Waals surface area contributed by atoms with Gasteiger partial charge in [-0.25, -0.2) is 14.8 Å². The Morgan fingerprint density at radius 3 is 2.68 bits per heavy atom. The van der Waals surface area contributed by atoms with Gasteiger partial charge in [0.25, 0.3) is 0 Å². The number of nitrogens with zero attached hydrogens (tertiary/aromatic N) is 3. The molecule has 0 saturated carbocycles. The van der Waals surface area contributed by atoms with Gasteiger partial charge in [-0.1, -0.05) is 0 Å². The first-order valence-electron chi connectivity index (χ1n) is 6.11. The van der Waals surface area contributed by atoms with E-state index in [1.807, 2.05) is 17.7 Å². The summed E-state index contributed by atoms with van der Waals surface area (Å²) in [5.74, 6) is -0.440. The van der Waals surface area contributed by atoms with Crippen LogP contribution in [0, 0.1) is 6.92 Å². The van der Waals surface area contributed by atoms with Crippen molar-refractivity contribution in [3.05, 3.63) is 36.0 Å². The zero-order valence-electron chi connectivity index (χ0n) is 11.5. The van der Waals surface area contributed by atoms with E-state index in [4.69, 9.17) is 0 Å². The first-order chi connectivity index (χ1) is 9.02. The highest BCUT2D eigenvalue weighted by Gasteiger charge is 2.13. The third-order valence-corrected chi connectivity index (χ3v) is 2.97. The minimum atomic E-state index is -0.440. The van der Waals surface area contributed by atoms with Crippen LogP contribution in [0.3, 0.4) is 0 Å². The van der Waals surface area contributed by atoms with Crippen molar-refractivity contribution in [2.24, 2.45) is 0 Å². The average molecular weight is 259 g/mol. The van der Waals surface area contributed by atoms with Gasteiger partial charge in [0.2, 0.25) is 0 Å². The lowest BCUT2D eigenvalue weighted by Gasteiger charge is -2.06. The second-order valence-electron chi connectivity index (χ2n) is 4.68. The Bertz CT molecular complexity index is 602. The quantitative estimate of drug-likeness (QED) is 0.795. The summed E-state index contributed by atoms with van der Waals surface area (Å²) in [4.78, 5) is 20.0. The average Bonchev–Trinajstić information content (AvgIpc) is 2.88. The van der Waals surface area contributed by atoms with E-state index < -0.39 is 5.97 Å². The third-order valence-electron chi connectivity index (χ3n) is 2.97. The lowest BCUT2D eigenvalue weighted by Crippen LogP contribution is -2.05. The second kappa shape index (κ2) is 5.22. The molecule has 2 aromatic heterocycles. The van der Waals surface area contributed by atoms with E-state index >= 15 is 0 Å². The van der Waals surface area contributed by atoms with Gasteiger partial charge in [-0.15, -0.1) is 0 Å². The number of carbonyl (C=O) groups excluding carboxylic acids is 1. The van der Waals surface area contributed by atoms with E-state index in [2.05, 4.69) is 28.6 Å². The molecule has 0 aliphatic rings. The summed E-state index contributed by atoms with van der Waals surface area (Å²) in [6.45, 7) is 6.12. The molecule has 2 aromatic rings. The minimum absolute atomic E-state index is 0.294. The Labute approximate surface area is 112 Å². The molecule has 0 radical (unpaired) electrons. The molecule has 0 spiro atoms. The summed E-state index contributed by atoms with van der Waals surface area (Å²) in [5, 5.41) is 0. The fourth-order valence-corrected chi connectivity index (χ4v) is 1.77. The van der Waals surface area contributed by atoms with Gasteiger partial charge in [-0.2, -0.15) is 0 Å². The van der Waals surface area contributed by atoms with Crippen molar-refractivity contribution in [1.82, 2.24) is 14.5 Å². The van der Waals surface area contributed by atoms with Gasteiger partial charge in [0, 0.05) is 24.0 Å². The summed E-state index contributed by atoms with van der Waals surface area (Å²) < 4.78 is 6.70. The van der Waals surface area contributed by atoms with Crippen LogP contribution in [0.2, 0.25) is 0 Å². The number of pyridine rings is 1. The molecule has 100 valence electrons. The molecule has 5 nitrogen and oxygen atoms in total. The van der Waals surface area contributed by atoms with Gasteiger partial charge >= 0.3 is 5.97 Å². The number of methoxy groups -OCH3 is 1. The van der Waals surface area contributed by atoms with Crippen LogP contribution in [0.4, 0.5) is 0 Å². The lowest BCUT2D eigenvalue weighted by atomic mass is 10.1. The molecular weight excluding hydrogens is 242 g/mol. The summed E-state index contributed by atoms with van der Waals surface area (Å²) in [6, 6.07) is 2.07. The highest BCUT2D eigenvalue weighted by Crippen LogP contribution is 2.23. The summed E-state index contributed by atoms with van der Waals surface area (Å²) >= 11 is 0. The highest BCUT2D eigenvalue weighted by molar-refractivity contribution is 5.88. The lowest BCUT2D eigenvalue weighted by molar-refractivity contribution is 0.0594. The molecule has 0 unspecified atom stereocenters. The van der Waals surface area contributed by atoms with Crippen LogP contribution in [0.25, 0.3) is 11.3 Å². The molecule has 2 rings (SSSR count). The van der Waals surface area contributed by atoms with Crippen molar-refractivity contribution < 1.29 is 9.53 Å². The van der Waals surface area contributed by atoms with Gasteiger partial charge in [0.1, 0.15) is 5.69 Å². The zero-order valence-corrected chi connectivity index (χ0v) is 11.5. The fraction of sp³-hybridized carbons (Fsp3) is 0.357. The summed E-state index contributed by atoms with van der Waals surface area (Å²) in [7, 11) is 1.34. The second-order valence-corrected chi connectivity index (χ2v) is 4.68. The van der Waals surface area contributed by atoms with E-state index in [-0.39, 0.29) is 0 Å². The standard InChI is InChI=1S/C14H17N3O2/c1-9(2)17-7-13(16-8-17)11-5-12(14(18)19-4)15-6-10(11)3/h5-9H,1-4H3. The molecule has 0 N–H and O–H groups in total. The summed E-state index contributed by atoms with van der Waals surface area (Å²) in [5.41, 5.74) is 3.00. The third kappa shape index (κ3) is 2.65. The predicted octanol–water partition coefficient (Wildman–Crippen LogP) is 2.62. The maximum absolute atomic E-state index is 11.5. The van der Waals surface area contributed by atoms with E-state index in [1.165, 1.54) is 7.11 Å². The number of ether oxygens (including phenoxy) is 1. The van der Waals surface area contributed by atoms with Crippen LogP contribution in [-0.2, 0) is 4.74 Å². The van der Waals surface area contributed by atoms with Crippen molar-refractivity contribution in [1.29, 1.82) is 0 Å². The van der Waals surface area contributed by atoms with E-state index in [9.17, 15) is 4.79 Å². The van der Waals surface area contributed by atoms with Crippen LogP contribution >= 0.6 is 0 Å². The minimum Gasteiger partial charge on any atom is -0.464 e. The number of rotatable bonds is 3. The van der Waals surface area contributed by atoms with Gasteiger partial charge in [-0.05, 0) is 32.4 Å². The normalized spacial score (nSPS) is 10.8. The number of esters is 1. The van der Waals surface area contributed by atoms with Crippen molar-refractivity contribution in [3.63, 3.8) is 0 Å². The van der Waals surface area contributed by atoms with E-state index in [0.29, 0.717) is 11.7 Å². The van der Waals surface area contributed by atoms with Gasteiger partial charge in [-0.3, -0.25) is 0 Å². The SMILES string of the molecule is COC(=O)c1cc(-c2cn(C(C)C)cn2)c(C)cn1. The maximum atomic E-state index is 11.5. The Morgan fingerprint density at radius 2 is 2.11 bits per heavy atom. The van der Waals surface area contributed by atoms with Crippen molar-refractivity contribution in [2.45, 2.75) is 26.8 Å². The topological polar surface area (TPSA) is 57.0 Å². The molecule has 0 aliphatic heterocycles. The van der Waals surface area contributed by atoms with E-state index in [0.717, 1.165) is 16.8 Å². The number of aromatic nitrogens is 3. The number of imidazole rings is 1. The molecule has 0 bridgehead atoms. The Balaban J connectivity index is 2.45. The van der Waals surface area contributed by atoms with Crippen LogP contribution in [0.1, 0.15) is 35.9 Å². The number of aryl methyl sites for hydroxylation is 1. The Kier molecular flexibility index (Phi) is 3.64. The van der Waals surface area contributed by atoms with E-state index in [1.54, 1.807) is 18.6 Å². The maximum Gasteiger partial charge on any atom is 0.356 e. The molecule has 0 fully saturated rings. The van der Waals surface area contributed by atoms with Crippen LogP contribution in [0.5, 0.6) is 0 Å². The molecule has 0 atom stereocenters. The molecule has 0 aliphatic carbocycles. The highest BCUT2D eigenvalue weighted by atomic mass is 16.5. The van der Waals surface area contributed by atoms with Gasteiger partial charge in [0.15, 0.2) is 0 Å². The molecule has 0 amide bonds. The largest absolute Gasteiger partial charge is 0.464 e. The first-order valence-corrected chi connectivity index (χ1v) is 6.11. The molecule has 2 heterocycles. The predicted molar refractivity (Wildman–Crippen MR) is 71.9 cm³/mol. The molecular formula is C14H17N3O2. The van der Waals surface area contributed by atoms with Gasteiger partial charge in [0.05, 0.1) is 19.1 Å². The zero-order chi connectivity index (χ0) is 14.0. The molecule has 5 heteroatoms. The smallest absolute Gasteiger partial charge is 0.356 e. The molecule has 0 aromatic carbocycles. The fourth-order valence-electron chi connectivity index (χ4n) is 1.77. The number of hydrogen-bond acceptors (Lipinski definition) is 4. The summed E-state index contributed by atoms with van der Waals surface area (Å²) in [6.07, 6.45) is 5.42. The van der Waals surface area contributed by atoms with Crippen molar-refractivity contribution in [3.8, 4) is 11.3 Å². The Morgan fingerprint density at radius 1 is 1.37 bits per heavy atom. The van der Waals surface area contributed by atoms with Crippen molar-refractivity contribution in [2.75, 3.05) is 7.11 Å². The van der Waals surface area contributed by atoms with Crippen LogP contribution in [-0.4, -0.2) is 27.6 Å². The van der Waals surface area contributed by atoms with Crippen LogP contribution in [0.15, 0.2) is 24.8 Å². The molecule has 0 saturated heterocycles. The first kappa shape index (κ1) is 13.3. The molecule has 19 heavy (non-hydrogen) atoms. The van der Waals surface area contributed by atoms with Crippen molar-refractivity contribution >= 4 is 5.97 Å².